The molecule has 7 nitrogen and oxygen atoms in total. The molecule has 0 bridgehead atoms. The van der Waals surface area contributed by atoms with E-state index in [0.717, 1.165) is 0 Å². The summed E-state index contributed by atoms with van der Waals surface area (Å²) in [5, 5.41) is 11.6. The van der Waals surface area contributed by atoms with E-state index in [-0.39, 0.29) is 18.2 Å². The number of para-hydroxylation sites is 1. The number of hydrogen-bond acceptors (Lipinski definition) is 7. The molecular weight excluding hydrogens is 316 g/mol. The van der Waals surface area contributed by atoms with Gasteiger partial charge in [-0.25, -0.2) is 14.8 Å². The smallest absolute Gasteiger partial charge is 0.360 e. The van der Waals surface area contributed by atoms with Crippen molar-refractivity contribution in [1.82, 2.24) is 10.3 Å². The Morgan fingerprint density at radius 2 is 2.30 bits per heavy atom. The molecule has 0 aliphatic carbocycles. The number of nitrogens with zero attached hydrogens (tertiary/aromatic N) is 3. The standard InChI is InChI=1S/C15H14N4O3S/c1-3-21-14(20)12-8-22-13(18-12)10-6-4-5-7-11(10)19-15(23-2)17-9-16/h4-8H,3H2,1-2H3,(H,17,19). The maximum Gasteiger partial charge on any atom is 0.360 e. The van der Waals surface area contributed by atoms with E-state index >= 15 is 0 Å². The third kappa shape index (κ3) is 4.11. The van der Waals surface area contributed by atoms with Gasteiger partial charge in [-0.3, -0.25) is 5.32 Å². The van der Waals surface area contributed by atoms with Crippen molar-refractivity contribution in [2.24, 2.45) is 4.99 Å². The molecule has 0 radical (unpaired) electrons. The molecule has 0 atom stereocenters. The number of aromatic nitrogens is 1. The van der Waals surface area contributed by atoms with Crippen molar-refractivity contribution in [3.05, 3.63) is 36.2 Å². The summed E-state index contributed by atoms with van der Waals surface area (Å²) in [7, 11) is 0. The lowest BCUT2D eigenvalue weighted by molar-refractivity contribution is 0.0519. The molecule has 0 fully saturated rings. The van der Waals surface area contributed by atoms with E-state index in [1.54, 1.807) is 31.4 Å². The fourth-order valence-corrected chi connectivity index (χ4v) is 2.07. The van der Waals surface area contributed by atoms with Gasteiger partial charge in [0.2, 0.25) is 5.89 Å². The molecule has 1 heterocycles. The molecule has 0 aliphatic rings. The van der Waals surface area contributed by atoms with Gasteiger partial charge in [-0.2, -0.15) is 5.26 Å². The van der Waals surface area contributed by atoms with Crippen LogP contribution in [-0.2, 0) is 4.74 Å². The second-order valence-corrected chi connectivity index (χ2v) is 4.93. The molecule has 0 saturated carbocycles. The van der Waals surface area contributed by atoms with Crippen LogP contribution in [-0.4, -0.2) is 29.0 Å². The van der Waals surface area contributed by atoms with Crippen molar-refractivity contribution in [3.63, 3.8) is 0 Å². The molecule has 1 aromatic carbocycles. The Morgan fingerprint density at radius 1 is 1.52 bits per heavy atom. The number of nitriles is 1. The average molecular weight is 330 g/mol. The molecular formula is C15H14N4O3S. The summed E-state index contributed by atoms with van der Waals surface area (Å²) in [6.07, 6.45) is 4.88. The van der Waals surface area contributed by atoms with Crippen LogP contribution < -0.4 is 5.32 Å². The molecule has 2 rings (SSSR count). The number of esters is 1. The topological polar surface area (TPSA) is 101 Å². The summed E-state index contributed by atoms with van der Waals surface area (Å²) >= 11 is 1.30. The van der Waals surface area contributed by atoms with Gasteiger partial charge in [-0.05, 0) is 25.3 Å². The van der Waals surface area contributed by atoms with Crippen LogP contribution in [0.15, 0.2) is 39.9 Å². The Kier molecular flexibility index (Phi) is 5.77. The van der Waals surface area contributed by atoms with Crippen LogP contribution in [0.1, 0.15) is 17.4 Å². The number of carbonyl (C=O) groups excluding carboxylic acids is 1. The van der Waals surface area contributed by atoms with Crippen molar-refractivity contribution in [3.8, 4) is 17.6 Å². The maximum atomic E-state index is 11.7. The van der Waals surface area contributed by atoms with E-state index in [0.29, 0.717) is 16.4 Å². The SMILES string of the molecule is CCOC(=O)c1coc(-c2ccccc2N=C(NC#N)SC)n1. The maximum absolute atomic E-state index is 11.7. The molecule has 1 aromatic heterocycles. The third-order valence-corrected chi connectivity index (χ3v) is 3.28. The van der Waals surface area contributed by atoms with E-state index in [2.05, 4.69) is 15.3 Å². The molecule has 0 amide bonds. The van der Waals surface area contributed by atoms with Gasteiger partial charge in [0, 0.05) is 0 Å². The van der Waals surface area contributed by atoms with Crippen molar-refractivity contribution < 1.29 is 13.9 Å². The number of amidine groups is 1. The van der Waals surface area contributed by atoms with Gasteiger partial charge in [0.25, 0.3) is 0 Å². The highest BCUT2D eigenvalue weighted by molar-refractivity contribution is 8.13. The lowest BCUT2D eigenvalue weighted by atomic mass is 10.2. The van der Waals surface area contributed by atoms with Crippen LogP contribution in [0.4, 0.5) is 5.69 Å². The normalized spacial score (nSPS) is 10.9. The summed E-state index contributed by atoms with van der Waals surface area (Å²) in [6, 6.07) is 7.14. The number of ether oxygens (including phenoxy) is 1. The molecule has 0 aliphatic heterocycles. The number of rotatable bonds is 4. The van der Waals surface area contributed by atoms with Crippen LogP contribution >= 0.6 is 11.8 Å². The van der Waals surface area contributed by atoms with Gasteiger partial charge < -0.3 is 9.15 Å². The van der Waals surface area contributed by atoms with Crippen molar-refractivity contribution >= 4 is 28.6 Å². The predicted octanol–water partition coefficient (Wildman–Crippen LogP) is 2.94. The molecule has 2 aromatic rings. The first kappa shape index (κ1) is 16.6. The second-order valence-electron chi connectivity index (χ2n) is 4.13. The number of nitrogens with one attached hydrogen (secondary N) is 1. The lowest BCUT2D eigenvalue weighted by Crippen LogP contribution is -2.12. The summed E-state index contributed by atoms with van der Waals surface area (Å²) in [5.41, 5.74) is 1.27. The number of hydrogen-bond donors (Lipinski definition) is 1. The monoisotopic (exact) mass is 330 g/mol. The zero-order valence-corrected chi connectivity index (χ0v) is 13.4. The van der Waals surface area contributed by atoms with Gasteiger partial charge >= 0.3 is 5.97 Å². The summed E-state index contributed by atoms with van der Waals surface area (Å²) < 4.78 is 10.2. The van der Waals surface area contributed by atoms with Crippen LogP contribution in [0.25, 0.3) is 11.5 Å². The van der Waals surface area contributed by atoms with Crippen molar-refractivity contribution in [2.45, 2.75) is 6.92 Å². The number of benzene rings is 1. The highest BCUT2D eigenvalue weighted by Gasteiger charge is 2.16. The van der Waals surface area contributed by atoms with E-state index < -0.39 is 5.97 Å². The Bertz CT molecular complexity index is 764. The highest BCUT2D eigenvalue weighted by Crippen LogP contribution is 2.30. The first-order valence-electron chi connectivity index (χ1n) is 6.69. The van der Waals surface area contributed by atoms with Crippen LogP contribution in [0.5, 0.6) is 0 Å². The quantitative estimate of drug-likeness (QED) is 0.302. The molecule has 0 unspecified atom stereocenters. The minimum atomic E-state index is -0.542. The van der Waals surface area contributed by atoms with Gasteiger partial charge in [-0.1, -0.05) is 23.9 Å². The van der Waals surface area contributed by atoms with E-state index in [1.807, 2.05) is 12.3 Å². The zero-order chi connectivity index (χ0) is 16.7. The average Bonchev–Trinajstić information content (AvgIpc) is 3.05. The molecule has 0 spiro atoms. The van der Waals surface area contributed by atoms with Gasteiger partial charge in [-0.15, -0.1) is 0 Å². The fraction of sp³-hybridized carbons (Fsp3) is 0.200. The van der Waals surface area contributed by atoms with E-state index in [9.17, 15) is 4.79 Å². The Morgan fingerprint density at radius 3 is 3.00 bits per heavy atom. The predicted molar refractivity (Wildman–Crippen MR) is 87.3 cm³/mol. The Balaban J connectivity index is 2.38. The summed E-state index contributed by atoms with van der Waals surface area (Å²) in [6.45, 7) is 1.98. The molecule has 0 saturated heterocycles. The number of thioether (sulfide) groups is 1. The Labute approximate surface area is 137 Å². The number of oxazole rings is 1. The number of carbonyl (C=O) groups is 1. The van der Waals surface area contributed by atoms with Crippen LogP contribution in [0, 0.1) is 11.5 Å². The molecule has 23 heavy (non-hydrogen) atoms. The summed E-state index contributed by atoms with van der Waals surface area (Å²) in [4.78, 5) is 20.2. The largest absolute Gasteiger partial charge is 0.461 e. The van der Waals surface area contributed by atoms with Crippen LogP contribution in [0.3, 0.4) is 0 Å². The van der Waals surface area contributed by atoms with Gasteiger partial charge in [0.1, 0.15) is 6.26 Å². The van der Waals surface area contributed by atoms with Gasteiger partial charge in [0.05, 0.1) is 17.9 Å². The Hall–Kier alpha value is -2.79. The molecule has 1 N–H and O–H groups in total. The molecule has 118 valence electrons. The van der Waals surface area contributed by atoms with Crippen molar-refractivity contribution in [2.75, 3.05) is 12.9 Å². The lowest BCUT2D eigenvalue weighted by Gasteiger charge is -2.03. The fourth-order valence-electron chi connectivity index (χ4n) is 1.73. The van der Waals surface area contributed by atoms with E-state index in [1.165, 1.54) is 18.0 Å². The molecule has 8 heteroatoms. The first-order chi connectivity index (χ1) is 11.2. The van der Waals surface area contributed by atoms with Gasteiger partial charge in [0.15, 0.2) is 17.1 Å². The second kappa shape index (κ2) is 8.00. The zero-order valence-electron chi connectivity index (χ0n) is 12.6. The third-order valence-electron chi connectivity index (χ3n) is 2.70. The van der Waals surface area contributed by atoms with E-state index in [4.69, 9.17) is 14.4 Å². The number of aliphatic imine (C=N–C) groups is 1. The minimum Gasteiger partial charge on any atom is -0.461 e. The van der Waals surface area contributed by atoms with Crippen LogP contribution in [0.2, 0.25) is 0 Å². The summed E-state index contributed by atoms with van der Waals surface area (Å²) in [5.74, 6) is -0.288. The highest BCUT2D eigenvalue weighted by atomic mass is 32.2. The first-order valence-corrected chi connectivity index (χ1v) is 7.92. The minimum absolute atomic E-state index is 0.0980. The van der Waals surface area contributed by atoms with Crippen molar-refractivity contribution in [1.29, 1.82) is 5.26 Å².